The predicted octanol–water partition coefficient (Wildman–Crippen LogP) is 2.43. The van der Waals surface area contributed by atoms with Gasteiger partial charge in [-0.3, -0.25) is 0 Å². The van der Waals surface area contributed by atoms with Crippen molar-refractivity contribution in [3.63, 3.8) is 0 Å². The third-order valence-corrected chi connectivity index (χ3v) is 2.99. The molecule has 0 aliphatic rings. The molecule has 0 radical (unpaired) electrons. The van der Waals surface area contributed by atoms with Crippen LogP contribution in [0.3, 0.4) is 0 Å². The van der Waals surface area contributed by atoms with Crippen molar-refractivity contribution in [2.75, 3.05) is 27.2 Å². The van der Waals surface area contributed by atoms with Gasteiger partial charge in [-0.1, -0.05) is 13.8 Å². The van der Waals surface area contributed by atoms with Crippen molar-refractivity contribution in [3.8, 4) is 0 Å². The second-order valence-electron chi connectivity index (χ2n) is 5.14. The molecule has 0 spiro atoms. The summed E-state index contributed by atoms with van der Waals surface area (Å²) in [6.45, 7) is 7.76. The van der Waals surface area contributed by atoms with Crippen LogP contribution in [0.4, 0.5) is 0 Å². The van der Waals surface area contributed by atoms with Crippen LogP contribution in [0, 0.1) is 5.41 Å². The van der Waals surface area contributed by atoms with Crippen molar-refractivity contribution >= 4 is 11.3 Å². The van der Waals surface area contributed by atoms with E-state index >= 15 is 0 Å². The van der Waals surface area contributed by atoms with Gasteiger partial charge in [0.15, 0.2) is 0 Å². The Morgan fingerprint density at radius 3 is 2.67 bits per heavy atom. The molecule has 1 rings (SSSR count). The lowest BCUT2D eigenvalue weighted by Gasteiger charge is -2.28. The lowest BCUT2D eigenvalue weighted by atomic mass is 9.93. The van der Waals surface area contributed by atoms with Crippen LogP contribution in [-0.2, 0) is 6.54 Å². The summed E-state index contributed by atoms with van der Waals surface area (Å²) in [6, 6.07) is 2.18. The summed E-state index contributed by atoms with van der Waals surface area (Å²) >= 11 is 1.76. The first-order valence-corrected chi connectivity index (χ1v) is 6.30. The molecule has 1 N–H and O–H groups in total. The highest BCUT2D eigenvalue weighted by Gasteiger charge is 2.17. The Hall–Kier alpha value is -0.380. The summed E-state index contributed by atoms with van der Waals surface area (Å²) < 4.78 is 0. The Balaban J connectivity index is 2.24. The molecule has 1 aromatic heterocycles. The molecule has 0 saturated carbocycles. The van der Waals surface area contributed by atoms with E-state index in [9.17, 15) is 0 Å². The second-order valence-corrected chi connectivity index (χ2v) is 5.92. The molecule has 1 aromatic rings. The molecule has 0 aromatic carbocycles. The third-order valence-electron chi connectivity index (χ3n) is 2.26. The Morgan fingerprint density at radius 1 is 1.40 bits per heavy atom. The summed E-state index contributed by atoms with van der Waals surface area (Å²) in [7, 11) is 4.25. The van der Waals surface area contributed by atoms with E-state index in [1.54, 1.807) is 11.3 Å². The Labute approximate surface area is 97.3 Å². The number of nitrogens with one attached hydrogen (secondary N) is 1. The molecule has 1 heterocycles. The summed E-state index contributed by atoms with van der Waals surface area (Å²) in [6.07, 6.45) is 0. The largest absolute Gasteiger partial charge is 0.312 e. The smallest absolute Gasteiger partial charge is 0.0213 e. The number of hydrogen-bond donors (Lipinski definition) is 1. The maximum atomic E-state index is 3.51. The first-order chi connectivity index (χ1) is 6.99. The first-order valence-electron chi connectivity index (χ1n) is 5.36. The molecule has 0 aliphatic heterocycles. The summed E-state index contributed by atoms with van der Waals surface area (Å²) in [5, 5.41) is 7.84. The summed E-state index contributed by atoms with van der Waals surface area (Å²) in [4.78, 5) is 2.24. The van der Waals surface area contributed by atoms with E-state index in [4.69, 9.17) is 0 Å². The van der Waals surface area contributed by atoms with E-state index in [-0.39, 0.29) is 0 Å². The fraction of sp³-hybridized carbons (Fsp3) is 0.667. The molecule has 3 heteroatoms. The Morgan fingerprint density at radius 2 is 2.13 bits per heavy atom. The Kier molecular flexibility index (Phi) is 4.77. The van der Waals surface area contributed by atoms with Crippen LogP contribution in [-0.4, -0.2) is 32.1 Å². The van der Waals surface area contributed by atoms with Crippen molar-refractivity contribution in [2.24, 2.45) is 5.41 Å². The zero-order chi connectivity index (χ0) is 11.3. The van der Waals surface area contributed by atoms with Gasteiger partial charge in [0.05, 0.1) is 0 Å². The van der Waals surface area contributed by atoms with Crippen molar-refractivity contribution in [1.29, 1.82) is 0 Å². The van der Waals surface area contributed by atoms with Crippen LogP contribution < -0.4 is 5.32 Å². The quantitative estimate of drug-likeness (QED) is 0.801. The van der Waals surface area contributed by atoms with Gasteiger partial charge in [-0.05, 0) is 41.9 Å². The van der Waals surface area contributed by atoms with Gasteiger partial charge in [0.25, 0.3) is 0 Å². The van der Waals surface area contributed by atoms with Gasteiger partial charge in [0, 0.05) is 19.6 Å². The molecule has 15 heavy (non-hydrogen) atoms. The minimum Gasteiger partial charge on any atom is -0.312 e. The molecule has 0 unspecified atom stereocenters. The fourth-order valence-corrected chi connectivity index (χ4v) is 2.52. The molecule has 0 amide bonds. The van der Waals surface area contributed by atoms with Crippen molar-refractivity contribution in [2.45, 2.75) is 20.4 Å². The Bertz CT molecular complexity index is 265. The number of nitrogens with zero attached hydrogens (tertiary/aromatic N) is 1. The van der Waals surface area contributed by atoms with Gasteiger partial charge in [0.1, 0.15) is 0 Å². The molecule has 2 nitrogen and oxygen atoms in total. The molecular formula is C12H22N2S. The number of thiophene rings is 1. The van der Waals surface area contributed by atoms with E-state index in [1.807, 2.05) is 0 Å². The molecule has 0 bridgehead atoms. The van der Waals surface area contributed by atoms with Crippen molar-refractivity contribution in [3.05, 3.63) is 22.4 Å². The van der Waals surface area contributed by atoms with Gasteiger partial charge in [0.2, 0.25) is 0 Å². The lowest BCUT2D eigenvalue weighted by Crippen LogP contribution is -2.37. The van der Waals surface area contributed by atoms with E-state index in [2.05, 4.69) is 55.0 Å². The van der Waals surface area contributed by atoms with Crippen LogP contribution in [0.25, 0.3) is 0 Å². The van der Waals surface area contributed by atoms with Gasteiger partial charge < -0.3 is 10.2 Å². The van der Waals surface area contributed by atoms with Crippen LogP contribution in [0.5, 0.6) is 0 Å². The zero-order valence-electron chi connectivity index (χ0n) is 10.2. The molecule has 0 fully saturated rings. The number of rotatable bonds is 6. The van der Waals surface area contributed by atoms with E-state index in [0.29, 0.717) is 5.41 Å². The van der Waals surface area contributed by atoms with Crippen molar-refractivity contribution < 1.29 is 0 Å². The lowest BCUT2D eigenvalue weighted by molar-refractivity contribution is 0.232. The maximum Gasteiger partial charge on any atom is 0.0213 e. The third kappa shape index (κ3) is 5.30. The van der Waals surface area contributed by atoms with Gasteiger partial charge in [-0.2, -0.15) is 11.3 Å². The first kappa shape index (κ1) is 12.7. The van der Waals surface area contributed by atoms with Gasteiger partial charge >= 0.3 is 0 Å². The van der Waals surface area contributed by atoms with Gasteiger partial charge in [-0.15, -0.1) is 0 Å². The van der Waals surface area contributed by atoms with E-state index < -0.39 is 0 Å². The average molecular weight is 226 g/mol. The van der Waals surface area contributed by atoms with Crippen LogP contribution in [0.1, 0.15) is 19.4 Å². The van der Waals surface area contributed by atoms with Crippen LogP contribution >= 0.6 is 11.3 Å². The maximum absolute atomic E-state index is 3.51. The topological polar surface area (TPSA) is 15.3 Å². The van der Waals surface area contributed by atoms with Gasteiger partial charge in [-0.25, -0.2) is 0 Å². The molecule has 0 aliphatic carbocycles. The monoisotopic (exact) mass is 226 g/mol. The average Bonchev–Trinajstić information content (AvgIpc) is 2.53. The molecule has 86 valence electrons. The molecular weight excluding hydrogens is 204 g/mol. The standard InChI is InChI=1S/C12H22N2S/c1-12(2,10-14(3)4)9-13-7-11-5-6-15-8-11/h5-6,8,13H,7,9-10H2,1-4H3. The molecule has 0 atom stereocenters. The molecule has 0 saturated heterocycles. The summed E-state index contributed by atoms with van der Waals surface area (Å²) in [5.74, 6) is 0. The van der Waals surface area contributed by atoms with Crippen molar-refractivity contribution in [1.82, 2.24) is 10.2 Å². The minimum atomic E-state index is 0.333. The highest BCUT2D eigenvalue weighted by Crippen LogP contribution is 2.14. The number of hydrogen-bond acceptors (Lipinski definition) is 3. The van der Waals surface area contributed by atoms with Crippen LogP contribution in [0.15, 0.2) is 16.8 Å². The minimum absolute atomic E-state index is 0.333. The normalized spacial score (nSPS) is 12.3. The highest BCUT2D eigenvalue weighted by molar-refractivity contribution is 7.07. The highest BCUT2D eigenvalue weighted by atomic mass is 32.1. The summed E-state index contributed by atoms with van der Waals surface area (Å²) in [5.41, 5.74) is 1.72. The second kappa shape index (κ2) is 5.64. The van der Waals surface area contributed by atoms with E-state index in [1.165, 1.54) is 5.56 Å². The zero-order valence-corrected chi connectivity index (χ0v) is 11.0. The predicted molar refractivity (Wildman–Crippen MR) is 68.4 cm³/mol. The fourth-order valence-electron chi connectivity index (χ4n) is 1.85. The SMILES string of the molecule is CN(C)CC(C)(C)CNCc1ccsc1. The van der Waals surface area contributed by atoms with Crippen LogP contribution in [0.2, 0.25) is 0 Å². The van der Waals surface area contributed by atoms with E-state index in [0.717, 1.165) is 19.6 Å².